The molecule has 3 aromatic heterocycles. The first-order chi connectivity index (χ1) is 17.6. The first kappa shape index (κ1) is 23.0. The highest BCUT2D eigenvalue weighted by Crippen LogP contribution is 2.38. The van der Waals surface area contributed by atoms with Gasteiger partial charge in [-0.3, -0.25) is 4.79 Å². The number of piperazine rings is 1. The molecule has 1 aliphatic carbocycles. The first-order valence-electron chi connectivity index (χ1n) is 12.3. The molecule has 8 nitrogen and oxygen atoms in total. The Bertz CT molecular complexity index is 1380. The largest absolute Gasteiger partial charge is 0.394 e. The average molecular weight is 501 g/mol. The van der Waals surface area contributed by atoms with Crippen molar-refractivity contribution >= 4 is 33.3 Å². The van der Waals surface area contributed by atoms with Gasteiger partial charge in [-0.2, -0.15) is 0 Å². The van der Waals surface area contributed by atoms with Crippen LogP contribution in [0.5, 0.6) is 0 Å². The maximum Gasteiger partial charge on any atom is 0.225 e. The third kappa shape index (κ3) is 4.13. The number of fused-ring (bicyclic) bond motifs is 1. The van der Waals surface area contributed by atoms with Crippen LogP contribution in [0.2, 0.25) is 0 Å². The van der Waals surface area contributed by atoms with Crippen LogP contribution < -0.4 is 10.6 Å². The van der Waals surface area contributed by atoms with E-state index >= 15 is 0 Å². The van der Waals surface area contributed by atoms with Gasteiger partial charge in [0, 0.05) is 48.7 Å². The van der Waals surface area contributed by atoms with Crippen molar-refractivity contribution in [1.29, 1.82) is 0 Å². The van der Waals surface area contributed by atoms with E-state index in [0.717, 1.165) is 71.1 Å². The molecule has 2 fully saturated rings. The fourth-order valence-corrected chi connectivity index (χ4v) is 5.99. The summed E-state index contributed by atoms with van der Waals surface area (Å²) in [5.41, 5.74) is 8.79. The molecule has 3 N–H and O–H groups in total. The maximum atomic E-state index is 12.3. The number of nitrogens with two attached hydrogens (primary N) is 1. The van der Waals surface area contributed by atoms with Crippen molar-refractivity contribution < 1.29 is 9.90 Å². The molecule has 1 amide bonds. The number of aliphatic hydroxyl groups is 1. The highest BCUT2D eigenvalue weighted by atomic mass is 32.1. The van der Waals surface area contributed by atoms with E-state index in [0.29, 0.717) is 11.6 Å². The Balaban J connectivity index is 1.24. The molecule has 1 aliphatic heterocycles. The van der Waals surface area contributed by atoms with Crippen LogP contribution in [-0.4, -0.2) is 63.7 Å². The number of aromatic nitrogens is 3. The molecule has 0 spiro atoms. The van der Waals surface area contributed by atoms with Crippen molar-refractivity contribution in [1.82, 2.24) is 19.9 Å². The molecule has 184 valence electrons. The average Bonchev–Trinajstić information content (AvgIpc) is 3.70. The number of carbonyl (C=O) groups excluding carboxylic acids is 1. The van der Waals surface area contributed by atoms with E-state index in [2.05, 4.69) is 20.9 Å². The minimum absolute atomic E-state index is 0.272. The lowest BCUT2D eigenvalue weighted by Crippen LogP contribution is -2.49. The van der Waals surface area contributed by atoms with Gasteiger partial charge in [-0.05, 0) is 36.6 Å². The third-order valence-corrected chi connectivity index (χ3v) is 8.33. The minimum atomic E-state index is -1.13. The van der Waals surface area contributed by atoms with Crippen LogP contribution in [0.1, 0.15) is 24.1 Å². The van der Waals surface area contributed by atoms with Crippen molar-refractivity contribution in [2.24, 2.45) is 11.7 Å². The highest BCUT2D eigenvalue weighted by molar-refractivity contribution is 7.22. The van der Waals surface area contributed by atoms with Crippen LogP contribution in [-0.2, 0) is 10.3 Å². The normalized spacial score (nSPS) is 17.8. The molecule has 1 saturated heterocycles. The van der Waals surface area contributed by atoms with E-state index in [1.165, 1.54) is 6.33 Å². The summed E-state index contributed by atoms with van der Waals surface area (Å²) in [6.45, 7) is 2.83. The number of rotatable bonds is 6. The zero-order valence-electron chi connectivity index (χ0n) is 19.9. The smallest absolute Gasteiger partial charge is 0.225 e. The van der Waals surface area contributed by atoms with E-state index in [4.69, 9.17) is 10.7 Å². The first-order valence-corrected chi connectivity index (χ1v) is 13.1. The predicted octanol–water partition coefficient (Wildman–Crippen LogP) is 3.01. The van der Waals surface area contributed by atoms with Crippen LogP contribution in [0.15, 0.2) is 61.1 Å². The van der Waals surface area contributed by atoms with Gasteiger partial charge in [-0.15, -0.1) is 11.3 Å². The van der Waals surface area contributed by atoms with Crippen LogP contribution in [0.25, 0.3) is 20.7 Å². The molecule has 36 heavy (non-hydrogen) atoms. The quantitative estimate of drug-likeness (QED) is 0.419. The number of hydrogen-bond donors (Lipinski definition) is 2. The Morgan fingerprint density at radius 2 is 1.83 bits per heavy atom. The molecule has 9 heteroatoms. The summed E-state index contributed by atoms with van der Waals surface area (Å²) >= 11 is 1.55. The molecule has 1 unspecified atom stereocenters. The summed E-state index contributed by atoms with van der Waals surface area (Å²) in [5.74, 6) is 1.51. The minimum Gasteiger partial charge on any atom is -0.394 e. The number of nitrogens with zero attached hydrogens (tertiary/aromatic N) is 5. The number of hydrogen-bond acceptors (Lipinski definition) is 8. The predicted molar refractivity (Wildman–Crippen MR) is 141 cm³/mol. The summed E-state index contributed by atoms with van der Waals surface area (Å²) in [6, 6.07) is 15.7. The highest BCUT2D eigenvalue weighted by Gasteiger charge is 2.35. The molecule has 4 heterocycles. The Hall–Kier alpha value is -3.40. The van der Waals surface area contributed by atoms with E-state index in [1.807, 2.05) is 53.6 Å². The maximum absolute atomic E-state index is 12.3. The van der Waals surface area contributed by atoms with Crippen molar-refractivity contribution in [3.05, 3.63) is 72.3 Å². The second-order valence-corrected chi connectivity index (χ2v) is 10.6. The van der Waals surface area contributed by atoms with Crippen LogP contribution in [0.3, 0.4) is 0 Å². The SMILES string of the molecule is NC(CO)(c1ccccc1)c1ncnc2cc(-c3ccc(N4CCN(C(=O)C5CC5)CC4)nc3)sc12. The summed E-state index contributed by atoms with van der Waals surface area (Å²) in [5, 5.41) is 10.3. The van der Waals surface area contributed by atoms with Gasteiger partial charge < -0.3 is 20.6 Å². The van der Waals surface area contributed by atoms with Gasteiger partial charge >= 0.3 is 0 Å². The molecule has 0 bridgehead atoms. The lowest BCUT2D eigenvalue weighted by atomic mass is 9.88. The van der Waals surface area contributed by atoms with Crippen LogP contribution >= 0.6 is 11.3 Å². The Labute approximate surface area is 213 Å². The van der Waals surface area contributed by atoms with Gasteiger partial charge in [0.25, 0.3) is 0 Å². The Kier molecular flexibility index (Phi) is 5.91. The molecule has 1 atom stereocenters. The third-order valence-electron chi connectivity index (χ3n) is 7.15. The summed E-state index contributed by atoms with van der Waals surface area (Å²) < 4.78 is 0.855. The number of amides is 1. The van der Waals surface area contributed by atoms with Crippen molar-refractivity contribution in [2.45, 2.75) is 18.4 Å². The number of carbonyl (C=O) groups is 1. The molecule has 1 aromatic carbocycles. The number of aliphatic hydroxyl groups excluding tert-OH is 1. The Morgan fingerprint density at radius 3 is 2.50 bits per heavy atom. The second-order valence-electron chi connectivity index (χ2n) is 9.53. The molecular formula is C27H28N6O2S. The topological polar surface area (TPSA) is 108 Å². The monoisotopic (exact) mass is 500 g/mol. The fraction of sp³-hybridized carbons (Fsp3) is 0.333. The van der Waals surface area contributed by atoms with E-state index in [1.54, 1.807) is 11.3 Å². The van der Waals surface area contributed by atoms with Gasteiger partial charge in [-0.1, -0.05) is 30.3 Å². The summed E-state index contributed by atoms with van der Waals surface area (Å²) in [6.07, 6.45) is 5.48. The Morgan fingerprint density at radius 1 is 1.06 bits per heavy atom. The number of thiophene rings is 1. The van der Waals surface area contributed by atoms with E-state index in [9.17, 15) is 9.90 Å². The van der Waals surface area contributed by atoms with Crippen molar-refractivity contribution in [2.75, 3.05) is 37.7 Å². The van der Waals surface area contributed by atoms with Gasteiger partial charge in [0.1, 0.15) is 17.7 Å². The summed E-state index contributed by atoms with van der Waals surface area (Å²) in [4.78, 5) is 31.3. The number of anilines is 1. The van der Waals surface area contributed by atoms with E-state index in [-0.39, 0.29) is 12.5 Å². The molecule has 1 saturated carbocycles. The van der Waals surface area contributed by atoms with Crippen LogP contribution in [0.4, 0.5) is 5.82 Å². The molecule has 0 radical (unpaired) electrons. The molecular weight excluding hydrogens is 472 g/mol. The van der Waals surface area contributed by atoms with Gasteiger partial charge in [0.2, 0.25) is 5.91 Å². The zero-order chi connectivity index (χ0) is 24.7. The van der Waals surface area contributed by atoms with E-state index < -0.39 is 5.54 Å². The molecule has 4 aromatic rings. The summed E-state index contributed by atoms with van der Waals surface area (Å²) in [7, 11) is 0. The fourth-order valence-electron chi connectivity index (χ4n) is 4.82. The van der Waals surface area contributed by atoms with Crippen molar-refractivity contribution in [3.63, 3.8) is 0 Å². The lowest BCUT2D eigenvalue weighted by molar-refractivity contribution is -0.132. The van der Waals surface area contributed by atoms with Crippen molar-refractivity contribution in [3.8, 4) is 10.4 Å². The van der Waals surface area contributed by atoms with Crippen LogP contribution in [0, 0.1) is 5.92 Å². The number of benzene rings is 1. The van der Waals surface area contributed by atoms with Gasteiger partial charge in [0.05, 0.1) is 22.5 Å². The second kappa shape index (κ2) is 9.24. The van der Waals surface area contributed by atoms with Gasteiger partial charge in [-0.25, -0.2) is 15.0 Å². The van der Waals surface area contributed by atoms with Gasteiger partial charge in [0.15, 0.2) is 0 Å². The standard InChI is InChI=1S/C27H28N6O2S/c28-27(16-34,20-4-2-1-3-5-20)25-24-21(30-17-31-25)14-22(36-24)19-8-9-23(29-15-19)32-10-12-33(13-11-32)26(35)18-6-7-18/h1-5,8-9,14-15,17-18,34H,6-7,10-13,16,28H2. The zero-order valence-corrected chi connectivity index (χ0v) is 20.7. The lowest BCUT2D eigenvalue weighted by Gasteiger charge is -2.35. The molecule has 2 aliphatic rings. The number of pyridine rings is 1. The molecule has 6 rings (SSSR count).